The van der Waals surface area contributed by atoms with Gasteiger partial charge in [0.25, 0.3) is 5.78 Å². The van der Waals surface area contributed by atoms with Crippen LogP contribution in [0.5, 0.6) is 0 Å². The van der Waals surface area contributed by atoms with Crippen molar-refractivity contribution in [2.75, 3.05) is 12.5 Å². The second-order valence-corrected chi connectivity index (χ2v) is 4.09. The Labute approximate surface area is 109 Å². The summed E-state index contributed by atoms with van der Waals surface area (Å²) in [4.78, 5) is 23.2. The zero-order chi connectivity index (χ0) is 13.0. The van der Waals surface area contributed by atoms with Gasteiger partial charge in [-0.3, -0.25) is 4.79 Å². The molecule has 0 spiro atoms. The van der Waals surface area contributed by atoms with E-state index in [1.54, 1.807) is 18.2 Å². The van der Waals surface area contributed by atoms with E-state index in [0.717, 1.165) is 10.8 Å². The fourth-order valence-electron chi connectivity index (χ4n) is 1.65. The van der Waals surface area contributed by atoms with Gasteiger partial charge >= 0.3 is 5.97 Å². The number of hydrogen-bond donors (Lipinski definition) is 0. The van der Waals surface area contributed by atoms with Gasteiger partial charge < -0.3 is 4.74 Å². The lowest BCUT2D eigenvalue weighted by Gasteiger charge is -2.03. The van der Waals surface area contributed by atoms with Crippen molar-refractivity contribution in [2.45, 2.75) is 0 Å². The molecule has 18 heavy (non-hydrogen) atoms. The third kappa shape index (κ3) is 2.68. The number of halogens is 1. The predicted molar refractivity (Wildman–Crippen MR) is 70.0 cm³/mol. The molecule has 3 nitrogen and oxygen atoms in total. The predicted octanol–water partition coefficient (Wildman–Crippen LogP) is 2.80. The van der Waals surface area contributed by atoms with Gasteiger partial charge in [-0.25, -0.2) is 4.79 Å². The van der Waals surface area contributed by atoms with Crippen molar-refractivity contribution in [1.82, 2.24) is 0 Å². The normalized spacial score (nSPS) is 10.3. The molecule has 0 amide bonds. The molecule has 0 saturated carbocycles. The molecule has 0 aliphatic rings. The average molecular weight is 263 g/mol. The molecule has 0 saturated heterocycles. The van der Waals surface area contributed by atoms with Gasteiger partial charge in [0.2, 0.25) is 0 Å². The lowest BCUT2D eigenvalue weighted by atomic mass is 10.0. The van der Waals surface area contributed by atoms with E-state index in [1.165, 1.54) is 0 Å². The number of Topliss-reactive ketones (excluding diaryl/α,β-unsaturated/α-hetero) is 1. The molecule has 0 heterocycles. The molecule has 2 aromatic carbocycles. The first kappa shape index (κ1) is 12.6. The lowest BCUT2D eigenvalue weighted by Crippen LogP contribution is -2.18. The van der Waals surface area contributed by atoms with Crippen LogP contribution in [0.2, 0.25) is 0 Å². The number of alkyl halides is 1. The lowest BCUT2D eigenvalue weighted by molar-refractivity contribution is -0.137. The molecule has 92 valence electrons. The molecule has 0 atom stereocenters. The largest absolute Gasteiger partial charge is 0.458 e. The number of esters is 1. The van der Waals surface area contributed by atoms with Crippen LogP contribution in [0.1, 0.15) is 10.4 Å². The summed E-state index contributed by atoms with van der Waals surface area (Å²) < 4.78 is 4.70. The Kier molecular flexibility index (Phi) is 3.95. The minimum Gasteiger partial charge on any atom is -0.458 e. The van der Waals surface area contributed by atoms with Gasteiger partial charge in [-0.05, 0) is 16.8 Å². The summed E-state index contributed by atoms with van der Waals surface area (Å²) in [5.41, 5.74) is 0.327. The molecule has 0 radical (unpaired) electrons. The molecular formula is C14H11ClO3. The molecular weight excluding hydrogens is 252 g/mol. The number of benzene rings is 2. The summed E-state index contributed by atoms with van der Waals surface area (Å²) in [6.07, 6.45) is 0. The Morgan fingerprint density at radius 1 is 1.06 bits per heavy atom. The van der Waals surface area contributed by atoms with Gasteiger partial charge in [0.05, 0.1) is 5.88 Å². The van der Waals surface area contributed by atoms with Gasteiger partial charge in [0.1, 0.15) is 6.61 Å². The van der Waals surface area contributed by atoms with Crippen molar-refractivity contribution < 1.29 is 14.3 Å². The first-order valence-electron chi connectivity index (χ1n) is 5.48. The molecule has 0 unspecified atom stereocenters. The van der Waals surface area contributed by atoms with Gasteiger partial charge in [-0.15, -0.1) is 11.6 Å². The van der Waals surface area contributed by atoms with Gasteiger partial charge in [-0.2, -0.15) is 0 Å². The zero-order valence-corrected chi connectivity index (χ0v) is 10.3. The molecule has 0 bridgehead atoms. The summed E-state index contributed by atoms with van der Waals surface area (Å²) >= 11 is 5.39. The van der Waals surface area contributed by atoms with E-state index < -0.39 is 11.8 Å². The number of ether oxygens (including phenoxy) is 1. The quantitative estimate of drug-likeness (QED) is 0.368. The van der Waals surface area contributed by atoms with E-state index in [4.69, 9.17) is 16.3 Å². The highest BCUT2D eigenvalue weighted by molar-refractivity contribution is 6.41. The maximum absolute atomic E-state index is 11.8. The number of carbonyl (C=O) groups is 2. The van der Waals surface area contributed by atoms with Crippen LogP contribution in [0.25, 0.3) is 10.8 Å². The molecule has 0 N–H and O–H groups in total. The van der Waals surface area contributed by atoms with Crippen molar-refractivity contribution in [1.29, 1.82) is 0 Å². The van der Waals surface area contributed by atoms with Crippen LogP contribution in [0, 0.1) is 0 Å². The zero-order valence-electron chi connectivity index (χ0n) is 9.56. The molecule has 0 aromatic heterocycles. The van der Waals surface area contributed by atoms with Gasteiger partial charge in [0, 0.05) is 5.56 Å². The molecule has 0 aliphatic carbocycles. The first-order valence-corrected chi connectivity index (χ1v) is 6.02. The topological polar surface area (TPSA) is 43.4 Å². The molecule has 2 rings (SSSR count). The monoisotopic (exact) mass is 262 g/mol. The highest BCUT2D eigenvalue weighted by Crippen LogP contribution is 2.16. The minimum atomic E-state index is -0.870. The van der Waals surface area contributed by atoms with Gasteiger partial charge in [-0.1, -0.05) is 36.4 Å². The van der Waals surface area contributed by atoms with Crippen molar-refractivity contribution >= 4 is 34.1 Å². The van der Waals surface area contributed by atoms with Crippen molar-refractivity contribution in [3.8, 4) is 0 Å². The summed E-state index contributed by atoms with van der Waals surface area (Å²) in [6, 6.07) is 12.7. The summed E-state index contributed by atoms with van der Waals surface area (Å²) in [7, 11) is 0. The average Bonchev–Trinajstić information content (AvgIpc) is 2.43. The minimum absolute atomic E-state index is 0.0414. The molecule has 0 aliphatic heterocycles. The SMILES string of the molecule is O=C(OCCCl)C(=O)c1ccc2ccccc2c1. The molecule has 0 fully saturated rings. The van der Waals surface area contributed by atoms with E-state index >= 15 is 0 Å². The second-order valence-electron chi connectivity index (χ2n) is 3.72. The maximum Gasteiger partial charge on any atom is 0.379 e. The fraction of sp³-hybridized carbons (Fsp3) is 0.143. The van der Waals surface area contributed by atoms with Crippen molar-refractivity contribution in [2.24, 2.45) is 0 Å². The van der Waals surface area contributed by atoms with E-state index in [2.05, 4.69) is 0 Å². The number of ketones is 1. The highest BCUT2D eigenvalue weighted by atomic mass is 35.5. The number of fused-ring (bicyclic) bond motifs is 1. The molecule has 2 aromatic rings. The van der Waals surface area contributed by atoms with E-state index in [1.807, 2.05) is 24.3 Å². The van der Waals surface area contributed by atoms with E-state index in [9.17, 15) is 9.59 Å². The Hall–Kier alpha value is -1.87. The third-order valence-corrected chi connectivity index (χ3v) is 2.66. The Bertz CT molecular complexity index is 592. The summed E-state index contributed by atoms with van der Waals surface area (Å²) in [6.45, 7) is 0.0414. The second kappa shape index (κ2) is 5.65. The van der Waals surface area contributed by atoms with Crippen LogP contribution in [0.3, 0.4) is 0 Å². The fourth-order valence-corrected chi connectivity index (χ4v) is 1.72. The highest BCUT2D eigenvalue weighted by Gasteiger charge is 2.17. The summed E-state index contributed by atoms with van der Waals surface area (Å²) in [5.74, 6) is -1.34. The third-order valence-electron chi connectivity index (χ3n) is 2.51. The van der Waals surface area contributed by atoms with Crippen LogP contribution >= 0.6 is 11.6 Å². The van der Waals surface area contributed by atoms with Crippen molar-refractivity contribution in [3.63, 3.8) is 0 Å². The van der Waals surface area contributed by atoms with E-state index in [0.29, 0.717) is 5.56 Å². The first-order chi connectivity index (χ1) is 8.72. The Balaban J connectivity index is 2.25. The van der Waals surface area contributed by atoms with E-state index in [-0.39, 0.29) is 12.5 Å². The smallest absolute Gasteiger partial charge is 0.379 e. The Morgan fingerprint density at radius 2 is 1.78 bits per heavy atom. The Morgan fingerprint density at radius 3 is 2.50 bits per heavy atom. The van der Waals surface area contributed by atoms with Crippen molar-refractivity contribution in [3.05, 3.63) is 48.0 Å². The van der Waals surface area contributed by atoms with Crippen LogP contribution in [-0.4, -0.2) is 24.2 Å². The number of hydrogen-bond acceptors (Lipinski definition) is 3. The van der Waals surface area contributed by atoms with Crippen LogP contribution in [0.15, 0.2) is 42.5 Å². The number of rotatable bonds is 4. The van der Waals surface area contributed by atoms with Crippen LogP contribution < -0.4 is 0 Å². The standard InChI is InChI=1S/C14H11ClO3/c15-7-8-18-14(17)13(16)12-6-5-10-3-1-2-4-11(10)9-12/h1-6,9H,7-8H2. The summed E-state index contributed by atoms with van der Waals surface area (Å²) in [5, 5.41) is 1.93. The van der Waals surface area contributed by atoms with Crippen LogP contribution in [-0.2, 0) is 9.53 Å². The van der Waals surface area contributed by atoms with Gasteiger partial charge in [0.15, 0.2) is 0 Å². The van der Waals surface area contributed by atoms with Crippen LogP contribution in [0.4, 0.5) is 0 Å². The molecule has 4 heteroatoms. The number of carbonyl (C=O) groups excluding carboxylic acids is 2. The maximum atomic E-state index is 11.8.